The Bertz CT molecular complexity index is 640. The lowest BCUT2D eigenvalue weighted by Gasteiger charge is -2.32. The lowest BCUT2D eigenvalue weighted by molar-refractivity contribution is -0.385. The molecular formula is C16H23ClN4O3S. The fourth-order valence-corrected chi connectivity index (χ4v) is 3.85. The topological polar surface area (TPSA) is 78.7 Å². The van der Waals surface area contributed by atoms with Gasteiger partial charge in [0.2, 0.25) is 0 Å². The van der Waals surface area contributed by atoms with Crippen LogP contribution < -0.4 is 5.32 Å². The number of amides is 1. The fraction of sp³-hybridized carbons (Fsp3) is 0.562. The molecule has 9 heteroatoms. The maximum atomic E-state index is 12.9. The first-order valence-corrected chi connectivity index (χ1v) is 9.39. The highest BCUT2D eigenvalue weighted by atomic mass is 35.5. The van der Waals surface area contributed by atoms with Crippen molar-refractivity contribution >= 4 is 35.8 Å². The van der Waals surface area contributed by atoms with Crippen molar-refractivity contribution in [1.82, 2.24) is 15.1 Å². The van der Waals surface area contributed by atoms with Crippen LogP contribution in [0.4, 0.5) is 5.69 Å². The van der Waals surface area contributed by atoms with Crippen LogP contribution in [0, 0.1) is 10.1 Å². The highest BCUT2D eigenvalue weighted by Gasteiger charge is 2.33. The Morgan fingerprint density at radius 1 is 1.32 bits per heavy atom. The van der Waals surface area contributed by atoms with Gasteiger partial charge in [-0.3, -0.25) is 19.8 Å². The van der Waals surface area contributed by atoms with Gasteiger partial charge in [-0.2, -0.15) is 0 Å². The summed E-state index contributed by atoms with van der Waals surface area (Å²) in [4.78, 5) is 28.7. The number of nitro benzene ring substituents is 1. The molecule has 1 atom stereocenters. The lowest BCUT2D eigenvalue weighted by atomic mass is 10.1. The Balaban J connectivity index is 0.00000225. The maximum Gasteiger partial charge on any atom is 0.282 e. The van der Waals surface area contributed by atoms with Gasteiger partial charge in [-0.05, 0) is 24.8 Å². The van der Waals surface area contributed by atoms with E-state index in [4.69, 9.17) is 0 Å². The molecule has 138 valence electrons. The summed E-state index contributed by atoms with van der Waals surface area (Å²) in [6.07, 6.45) is 2.83. The SMILES string of the molecule is CSc1ccc([N+](=O)[O-])c(C(=O)N2CCC(N3CCNCC3)C2)c1.Cl. The highest BCUT2D eigenvalue weighted by molar-refractivity contribution is 7.98. The molecule has 1 aromatic rings. The van der Waals surface area contributed by atoms with Crippen LogP contribution in [0.3, 0.4) is 0 Å². The van der Waals surface area contributed by atoms with Crippen molar-refractivity contribution in [2.45, 2.75) is 17.4 Å². The minimum Gasteiger partial charge on any atom is -0.337 e. The van der Waals surface area contributed by atoms with E-state index >= 15 is 0 Å². The van der Waals surface area contributed by atoms with Crippen LogP contribution in [0.5, 0.6) is 0 Å². The van der Waals surface area contributed by atoms with Crippen LogP contribution in [-0.2, 0) is 0 Å². The van der Waals surface area contributed by atoms with E-state index in [0.29, 0.717) is 19.1 Å². The number of benzene rings is 1. The number of nitrogens with one attached hydrogen (secondary N) is 1. The molecular weight excluding hydrogens is 364 g/mol. The van der Waals surface area contributed by atoms with Crippen molar-refractivity contribution in [2.75, 3.05) is 45.5 Å². The molecule has 3 rings (SSSR count). The van der Waals surface area contributed by atoms with Gasteiger partial charge in [0.05, 0.1) is 4.92 Å². The number of rotatable bonds is 4. The van der Waals surface area contributed by atoms with E-state index in [9.17, 15) is 14.9 Å². The number of piperazine rings is 1. The zero-order chi connectivity index (χ0) is 17.1. The zero-order valence-electron chi connectivity index (χ0n) is 14.1. The monoisotopic (exact) mass is 386 g/mol. The third kappa shape index (κ3) is 4.44. The summed E-state index contributed by atoms with van der Waals surface area (Å²) in [6.45, 7) is 5.26. The van der Waals surface area contributed by atoms with Crippen molar-refractivity contribution < 1.29 is 9.72 Å². The first kappa shape index (κ1) is 20.0. The summed E-state index contributed by atoms with van der Waals surface area (Å²) in [6, 6.07) is 5.12. The Labute approximate surface area is 157 Å². The van der Waals surface area contributed by atoms with E-state index in [0.717, 1.165) is 37.5 Å². The van der Waals surface area contributed by atoms with Crippen molar-refractivity contribution in [3.8, 4) is 0 Å². The molecule has 1 unspecified atom stereocenters. The molecule has 2 saturated heterocycles. The van der Waals surface area contributed by atoms with E-state index in [1.807, 2.05) is 6.26 Å². The van der Waals surface area contributed by atoms with Gasteiger partial charge in [0.25, 0.3) is 11.6 Å². The van der Waals surface area contributed by atoms with E-state index in [1.54, 1.807) is 17.0 Å². The molecule has 0 bridgehead atoms. The second-order valence-corrected chi connectivity index (χ2v) is 7.00. The number of nitro groups is 1. The molecule has 7 nitrogen and oxygen atoms in total. The van der Waals surface area contributed by atoms with Gasteiger partial charge in [-0.1, -0.05) is 0 Å². The molecule has 1 amide bonds. The van der Waals surface area contributed by atoms with Crippen LogP contribution in [-0.4, -0.2) is 72.2 Å². The summed E-state index contributed by atoms with van der Waals surface area (Å²) >= 11 is 1.48. The largest absolute Gasteiger partial charge is 0.337 e. The van der Waals surface area contributed by atoms with E-state index in [2.05, 4.69) is 10.2 Å². The average molecular weight is 387 g/mol. The van der Waals surface area contributed by atoms with Gasteiger partial charge >= 0.3 is 0 Å². The fourth-order valence-electron chi connectivity index (χ4n) is 3.41. The van der Waals surface area contributed by atoms with Gasteiger partial charge in [0.15, 0.2) is 0 Å². The van der Waals surface area contributed by atoms with Crippen LogP contribution in [0.1, 0.15) is 16.8 Å². The second kappa shape index (κ2) is 8.84. The smallest absolute Gasteiger partial charge is 0.282 e. The summed E-state index contributed by atoms with van der Waals surface area (Å²) in [7, 11) is 0. The predicted molar refractivity (Wildman–Crippen MR) is 101 cm³/mol. The first-order chi connectivity index (χ1) is 11.6. The molecule has 1 N–H and O–H groups in total. The van der Waals surface area contributed by atoms with Crippen LogP contribution in [0.2, 0.25) is 0 Å². The average Bonchev–Trinajstić information content (AvgIpc) is 3.11. The zero-order valence-corrected chi connectivity index (χ0v) is 15.8. The normalized spacial score (nSPS) is 21.0. The standard InChI is InChI=1S/C16H22N4O3S.ClH/c1-24-13-2-3-15(20(22)23)14(10-13)16(21)19-7-4-12(11-19)18-8-5-17-6-9-18;/h2-3,10,12,17H,4-9,11H2,1H3;1H. The Morgan fingerprint density at radius 3 is 2.68 bits per heavy atom. The summed E-state index contributed by atoms with van der Waals surface area (Å²) in [5.74, 6) is -0.227. The van der Waals surface area contributed by atoms with Crippen LogP contribution in [0.25, 0.3) is 0 Å². The number of hydrogen-bond donors (Lipinski definition) is 1. The molecule has 2 heterocycles. The molecule has 0 aromatic heterocycles. The molecule has 25 heavy (non-hydrogen) atoms. The van der Waals surface area contributed by atoms with Crippen molar-refractivity contribution in [1.29, 1.82) is 0 Å². The Morgan fingerprint density at radius 2 is 2.04 bits per heavy atom. The summed E-state index contributed by atoms with van der Waals surface area (Å²) in [5, 5.41) is 14.6. The minimum absolute atomic E-state index is 0. The van der Waals surface area contributed by atoms with Crippen LogP contribution in [0.15, 0.2) is 23.1 Å². The first-order valence-electron chi connectivity index (χ1n) is 8.16. The third-order valence-corrected chi connectivity index (χ3v) is 5.47. The van der Waals surface area contributed by atoms with E-state index in [-0.39, 0.29) is 29.6 Å². The lowest BCUT2D eigenvalue weighted by Crippen LogP contribution is -2.49. The summed E-state index contributed by atoms with van der Waals surface area (Å²) in [5.41, 5.74) is 0.0937. The van der Waals surface area contributed by atoms with E-state index < -0.39 is 4.92 Å². The number of thioether (sulfide) groups is 1. The third-order valence-electron chi connectivity index (χ3n) is 4.75. The molecule has 2 fully saturated rings. The molecule has 2 aliphatic rings. The molecule has 0 aliphatic carbocycles. The Kier molecular flexibility index (Phi) is 7.06. The van der Waals surface area contributed by atoms with E-state index in [1.165, 1.54) is 17.8 Å². The number of carbonyl (C=O) groups is 1. The predicted octanol–water partition coefficient (Wildman–Crippen LogP) is 1.86. The minimum atomic E-state index is -0.471. The maximum absolute atomic E-state index is 12.9. The molecule has 0 spiro atoms. The molecule has 0 radical (unpaired) electrons. The van der Waals surface area contributed by atoms with Gasteiger partial charge in [-0.25, -0.2) is 0 Å². The van der Waals surface area contributed by atoms with Gasteiger partial charge in [0.1, 0.15) is 5.56 Å². The van der Waals surface area contributed by atoms with Crippen molar-refractivity contribution in [2.24, 2.45) is 0 Å². The number of halogens is 1. The molecule has 2 aliphatic heterocycles. The van der Waals surface area contributed by atoms with Gasteiger partial charge in [0, 0.05) is 56.3 Å². The molecule has 1 aromatic carbocycles. The van der Waals surface area contributed by atoms with Crippen LogP contribution >= 0.6 is 24.2 Å². The Hall–Kier alpha value is -1.35. The quantitative estimate of drug-likeness (QED) is 0.483. The second-order valence-electron chi connectivity index (χ2n) is 6.12. The van der Waals surface area contributed by atoms with Gasteiger partial charge < -0.3 is 10.2 Å². The highest BCUT2D eigenvalue weighted by Crippen LogP contribution is 2.27. The van der Waals surface area contributed by atoms with Gasteiger partial charge in [-0.15, -0.1) is 24.2 Å². The summed E-state index contributed by atoms with van der Waals surface area (Å²) < 4.78 is 0. The number of likely N-dealkylation sites (tertiary alicyclic amines) is 1. The molecule has 0 saturated carbocycles. The van der Waals surface area contributed by atoms with Crippen molar-refractivity contribution in [3.63, 3.8) is 0 Å². The number of carbonyl (C=O) groups excluding carboxylic acids is 1. The number of nitrogens with zero attached hydrogens (tertiary/aromatic N) is 3. The number of hydrogen-bond acceptors (Lipinski definition) is 6. The van der Waals surface area contributed by atoms with Crippen molar-refractivity contribution in [3.05, 3.63) is 33.9 Å².